The Labute approximate surface area is 136 Å². The van der Waals surface area contributed by atoms with Gasteiger partial charge in [0.25, 0.3) is 0 Å². The van der Waals surface area contributed by atoms with Crippen molar-refractivity contribution >= 4 is 45.8 Å². The molecule has 1 atom stereocenters. The summed E-state index contributed by atoms with van der Waals surface area (Å²) < 4.78 is 1.15. The Morgan fingerprint density at radius 3 is 2.26 bits per heavy atom. The molecule has 0 aliphatic carbocycles. The van der Waals surface area contributed by atoms with E-state index in [0.29, 0.717) is 16.5 Å². The van der Waals surface area contributed by atoms with Crippen LogP contribution < -0.4 is 0 Å². The number of rotatable bonds is 3. The van der Waals surface area contributed by atoms with E-state index in [1.165, 1.54) is 0 Å². The molecule has 0 saturated carbocycles. The van der Waals surface area contributed by atoms with Crippen molar-refractivity contribution in [3.63, 3.8) is 0 Å². The van der Waals surface area contributed by atoms with E-state index in [2.05, 4.69) is 22.6 Å². The molecule has 0 bridgehead atoms. The van der Waals surface area contributed by atoms with Crippen molar-refractivity contribution in [2.24, 2.45) is 0 Å². The van der Waals surface area contributed by atoms with Gasteiger partial charge < -0.3 is 5.11 Å². The van der Waals surface area contributed by atoms with Crippen LogP contribution in [0.1, 0.15) is 18.1 Å². The first-order valence-electron chi connectivity index (χ1n) is 5.81. The molecule has 100 valence electrons. The first-order valence-corrected chi connectivity index (χ1v) is 7.64. The standard InChI is InChI=1S/C15H13Cl2IO/c1-15(19,11-3-5-12(18)6-4-11)9-10-2-7-13(16)14(17)8-10/h2-8,19H,9H2,1H3. The molecular formula is C15H13Cl2IO. The highest BCUT2D eigenvalue weighted by Crippen LogP contribution is 2.29. The average Bonchev–Trinajstić information content (AvgIpc) is 2.34. The minimum atomic E-state index is -0.929. The molecule has 0 spiro atoms. The normalized spacial score (nSPS) is 14.2. The van der Waals surface area contributed by atoms with Gasteiger partial charge in [0.2, 0.25) is 0 Å². The van der Waals surface area contributed by atoms with Gasteiger partial charge in [-0.3, -0.25) is 0 Å². The van der Waals surface area contributed by atoms with Gasteiger partial charge in [0.05, 0.1) is 15.6 Å². The Hall–Kier alpha value is -0.290. The number of hydrogen-bond donors (Lipinski definition) is 1. The van der Waals surface area contributed by atoms with Gasteiger partial charge in [-0.1, -0.05) is 41.4 Å². The molecule has 1 nitrogen and oxygen atoms in total. The molecule has 0 radical (unpaired) electrons. The summed E-state index contributed by atoms with van der Waals surface area (Å²) in [5.41, 5.74) is 0.915. The Kier molecular flexibility index (Phi) is 4.77. The molecular weight excluding hydrogens is 394 g/mol. The fourth-order valence-corrected chi connectivity index (χ4v) is 2.64. The summed E-state index contributed by atoms with van der Waals surface area (Å²) in [6, 6.07) is 13.3. The third kappa shape index (κ3) is 3.85. The van der Waals surface area contributed by atoms with Crippen molar-refractivity contribution in [1.29, 1.82) is 0 Å². The van der Waals surface area contributed by atoms with Gasteiger partial charge in [-0.25, -0.2) is 0 Å². The van der Waals surface area contributed by atoms with Crippen LogP contribution in [0.15, 0.2) is 42.5 Å². The largest absolute Gasteiger partial charge is 0.385 e. The van der Waals surface area contributed by atoms with E-state index in [4.69, 9.17) is 23.2 Å². The third-order valence-corrected chi connectivity index (χ3v) is 4.46. The van der Waals surface area contributed by atoms with E-state index in [1.54, 1.807) is 19.1 Å². The van der Waals surface area contributed by atoms with Gasteiger partial charge in [0.1, 0.15) is 0 Å². The van der Waals surface area contributed by atoms with Crippen molar-refractivity contribution in [3.05, 3.63) is 67.2 Å². The van der Waals surface area contributed by atoms with Gasteiger partial charge >= 0.3 is 0 Å². The number of aliphatic hydroxyl groups is 1. The van der Waals surface area contributed by atoms with Crippen LogP contribution in [0, 0.1) is 3.57 Å². The van der Waals surface area contributed by atoms with Gasteiger partial charge in [0, 0.05) is 9.99 Å². The second-order valence-electron chi connectivity index (χ2n) is 4.71. The van der Waals surface area contributed by atoms with Gasteiger partial charge in [-0.15, -0.1) is 0 Å². The lowest BCUT2D eigenvalue weighted by atomic mass is 9.89. The lowest BCUT2D eigenvalue weighted by Crippen LogP contribution is -2.24. The van der Waals surface area contributed by atoms with Gasteiger partial charge in [0.15, 0.2) is 0 Å². The van der Waals surface area contributed by atoms with Crippen LogP contribution in [0.3, 0.4) is 0 Å². The van der Waals surface area contributed by atoms with Crippen molar-refractivity contribution < 1.29 is 5.11 Å². The maximum Gasteiger partial charge on any atom is 0.0908 e. The molecule has 4 heteroatoms. The highest BCUT2D eigenvalue weighted by atomic mass is 127. The molecule has 0 aliphatic heterocycles. The maximum atomic E-state index is 10.6. The zero-order valence-corrected chi connectivity index (χ0v) is 14.0. The smallest absolute Gasteiger partial charge is 0.0908 e. The quantitative estimate of drug-likeness (QED) is 0.707. The first-order chi connectivity index (χ1) is 8.88. The highest BCUT2D eigenvalue weighted by molar-refractivity contribution is 14.1. The summed E-state index contributed by atoms with van der Waals surface area (Å²) in [6.45, 7) is 1.80. The van der Waals surface area contributed by atoms with Crippen molar-refractivity contribution in [2.75, 3.05) is 0 Å². The summed E-state index contributed by atoms with van der Waals surface area (Å²) in [7, 11) is 0. The minimum absolute atomic E-state index is 0.491. The Morgan fingerprint density at radius 2 is 1.68 bits per heavy atom. The summed E-state index contributed by atoms with van der Waals surface area (Å²) in [6.07, 6.45) is 0.491. The van der Waals surface area contributed by atoms with Crippen LogP contribution in [0.4, 0.5) is 0 Å². The summed E-state index contributed by atoms with van der Waals surface area (Å²) in [4.78, 5) is 0. The lowest BCUT2D eigenvalue weighted by Gasteiger charge is -2.24. The second-order valence-corrected chi connectivity index (χ2v) is 6.77. The molecule has 2 aromatic rings. The predicted molar refractivity (Wildman–Crippen MR) is 88.9 cm³/mol. The summed E-state index contributed by atoms with van der Waals surface area (Å²) >= 11 is 14.1. The van der Waals surface area contributed by atoms with Crippen molar-refractivity contribution in [1.82, 2.24) is 0 Å². The molecule has 2 rings (SSSR count). The zero-order valence-electron chi connectivity index (χ0n) is 10.3. The Balaban J connectivity index is 2.25. The highest BCUT2D eigenvalue weighted by Gasteiger charge is 2.23. The van der Waals surface area contributed by atoms with Crippen LogP contribution in [-0.4, -0.2) is 5.11 Å². The molecule has 0 aliphatic rings. The SMILES string of the molecule is CC(O)(Cc1ccc(Cl)c(Cl)c1)c1ccc(I)cc1. The van der Waals surface area contributed by atoms with E-state index in [9.17, 15) is 5.11 Å². The zero-order chi connectivity index (χ0) is 14.0. The van der Waals surface area contributed by atoms with Gasteiger partial charge in [-0.05, 0) is 64.9 Å². The summed E-state index contributed by atoms with van der Waals surface area (Å²) in [5, 5.41) is 11.7. The molecule has 2 aromatic carbocycles. The number of benzene rings is 2. The van der Waals surface area contributed by atoms with Crippen LogP contribution >= 0.6 is 45.8 Å². The fraction of sp³-hybridized carbons (Fsp3) is 0.200. The van der Waals surface area contributed by atoms with E-state index >= 15 is 0 Å². The number of halogens is 3. The molecule has 0 heterocycles. The first kappa shape index (κ1) is 15.1. The van der Waals surface area contributed by atoms with E-state index in [1.807, 2.05) is 30.3 Å². The maximum absolute atomic E-state index is 10.6. The predicted octanol–water partition coefficient (Wildman–Crippen LogP) is 5.05. The molecule has 0 amide bonds. The Bertz CT molecular complexity index is 579. The molecule has 0 aromatic heterocycles. The van der Waals surface area contributed by atoms with Crippen LogP contribution in [0.5, 0.6) is 0 Å². The second kappa shape index (κ2) is 6.00. The Morgan fingerprint density at radius 1 is 1.05 bits per heavy atom. The number of hydrogen-bond acceptors (Lipinski definition) is 1. The fourth-order valence-electron chi connectivity index (χ4n) is 1.96. The van der Waals surface area contributed by atoms with Crippen molar-refractivity contribution in [2.45, 2.75) is 18.9 Å². The molecule has 1 N–H and O–H groups in total. The lowest BCUT2D eigenvalue weighted by molar-refractivity contribution is 0.0576. The van der Waals surface area contributed by atoms with Crippen molar-refractivity contribution in [3.8, 4) is 0 Å². The molecule has 1 unspecified atom stereocenters. The van der Waals surface area contributed by atoms with E-state index in [0.717, 1.165) is 14.7 Å². The molecule has 19 heavy (non-hydrogen) atoms. The van der Waals surface area contributed by atoms with Gasteiger partial charge in [-0.2, -0.15) is 0 Å². The van der Waals surface area contributed by atoms with Crippen LogP contribution in [0.2, 0.25) is 10.0 Å². The minimum Gasteiger partial charge on any atom is -0.385 e. The van der Waals surface area contributed by atoms with Crippen LogP contribution in [-0.2, 0) is 12.0 Å². The summed E-state index contributed by atoms with van der Waals surface area (Å²) in [5.74, 6) is 0. The van der Waals surface area contributed by atoms with E-state index in [-0.39, 0.29) is 0 Å². The monoisotopic (exact) mass is 406 g/mol. The third-order valence-electron chi connectivity index (χ3n) is 3.00. The molecule has 0 fully saturated rings. The van der Waals surface area contributed by atoms with E-state index < -0.39 is 5.60 Å². The van der Waals surface area contributed by atoms with Crippen LogP contribution in [0.25, 0.3) is 0 Å². The molecule has 0 saturated heterocycles. The topological polar surface area (TPSA) is 20.2 Å². The average molecular weight is 407 g/mol.